The van der Waals surface area contributed by atoms with Crippen LogP contribution in [-0.4, -0.2) is 12.0 Å². The highest BCUT2D eigenvalue weighted by molar-refractivity contribution is 6.31. The first-order valence-electron chi connectivity index (χ1n) is 6.32. The summed E-state index contributed by atoms with van der Waals surface area (Å²) in [5.74, 6) is -0.193. The Hall–Kier alpha value is -1.06. The molecule has 0 saturated heterocycles. The summed E-state index contributed by atoms with van der Waals surface area (Å²) in [5, 5.41) is 0.630. The highest BCUT2D eigenvalue weighted by Crippen LogP contribution is 2.25. The van der Waals surface area contributed by atoms with E-state index in [1.165, 1.54) is 0 Å². The van der Waals surface area contributed by atoms with Crippen molar-refractivity contribution < 1.29 is 9.53 Å². The summed E-state index contributed by atoms with van der Waals surface area (Å²) >= 11 is 6.01. The number of halogens is 1. The SMILES string of the molecule is NC1CCCC(C(=O)OCc2ccccc2Cl)C1. The van der Waals surface area contributed by atoms with Gasteiger partial charge in [0.1, 0.15) is 6.61 Å². The van der Waals surface area contributed by atoms with Gasteiger partial charge < -0.3 is 10.5 Å². The molecule has 3 nitrogen and oxygen atoms in total. The van der Waals surface area contributed by atoms with Crippen LogP contribution in [0.25, 0.3) is 0 Å². The standard InChI is InChI=1S/C14H18ClNO2/c15-13-7-2-1-4-11(13)9-18-14(17)10-5-3-6-12(16)8-10/h1-2,4,7,10,12H,3,5-6,8-9,16H2. The van der Waals surface area contributed by atoms with E-state index in [0.717, 1.165) is 31.2 Å². The molecule has 98 valence electrons. The summed E-state index contributed by atoms with van der Waals surface area (Å²) in [7, 11) is 0. The van der Waals surface area contributed by atoms with E-state index >= 15 is 0 Å². The van der Waals surface area contributed by atoms with Crippen LogP contribution in [0.1, 0.15) is 31.2 Å². The lowest BCUT2D eigenvalue weighted by Gasteiger charge is -2.25. The van der Waals surface area contributed by atoms with Crippen LogP contribution < -0.4 is 5.73 Å². The summed E-state index contributed by atoms with van der Waals surface area (Å²) < 4.78 is 5.32. The molecule has 1 aromatic carbocycles. The zero-order valence-corrected chi connectivity index (χ0v) is 11.0. The van der Waals surface area contributed by atoms with Crippen molar-refractivity contribution in [3.63, 3.8) is 0 Å². The maximum Gasteiger partial charge on any atom is 0.309 e. The Morgan fingerprint density at radius 2 is 2.17 bits per heavy atom. The van der Waals surface area contributed by atoms with Gasteiger partial charge in [0.25, 0.3) is 0 Å². The van der Waals surface area contributed by atoms with Gasteiger partial charge >= 0.3 is 5.97 Å². The van der Waals surface area contributed by atoms with Crippen LogP contribution in [0.15, 0.2) is 24.3 Å². The third kappa shape index (κ3) is 3.47. The van der Waals surface area contributed by atoms with Crippen LogP contribution in [0.2, 0.25) is 5.02 Å². The fourth-order valence-corrected chi connectivity index (χ4v) is 2.51. The molecule has 0 aromatic heterocycles. The van der Waals surface area contributed by atoms with Crippen molar-refractivity contribution in [1.82, 2.24) is 0 Å². The van der Waals surface area contributed by atoms with E-state index in [1.807, 2.05) is 18.2 Å². The normalized spacial score (nSPS) is 23.7. The topological polar surface area (TPSA) is 52.3 Å². The molecule has 0 bridgehead atoms. The molecule has 1 aromatic rings. The summed E-state index contributed by atoms with van der Waals surface area (Å²) in [6, 6.07) is 7.53. The fourth-order valence-electron chi connectivity index (χ4n) is 2.32. The van der Waals surface area contributed by atoms with Crippen molar-refractivity contribution in [2.45, 2.75) is 38.3 Å². The molecule has 2 atom stereocenters. The average molecular weight is 268 g/mol. The molecule has 0 radical (unpaired) electrons. The minimum atomic E-state index is -0.148. The minimum absolute atomic E-state index is 0.0452. The summed E-state index contributed by atoms with van der Waals surface area (Å²) in [6.45, 7) is 0.240. The van der Waals surface area contributed by atoms with Crippen molar-refractivity contribution in [2.75, 3.05) is 0 Å². The zero-order chi connectivity index (χ0) is 13.0. The van der Waals surface area contributed by atoms with Gasteiger partial charge in [0.15, 0.2) is 0 Å². The third-order valence-corrected chi connectivity index (χ3v) is 3.74. The molecule has 2 unspecified atom stereocenters. The predicted octanol–water partition coefficient (Wildman–Crippen LogP) is 2.90. The van der Waals surface area contributed by atoms with Gasteiger partial charge in [0.2, 0.25) is 0 Å². The molecule has 1 saturated carbocycles. The Balaban J connectivity index is 1.86. The van der Waals surface area contributed by atoms with Crippen LogP contribution in [0.3, 0.4) is 0 Å². The molecule has 2 rings (SSSR count). The molecule has 4 heteroatoms. The van der Waals surface area contributed by atoms with Crippen molar-refractivity contribution in [3.8, 4) is 0 Å². The van der Waals surface area contributed by atoms with Crippen molar-refractivity contribution in [2.24, 2.45) is 11.7 Å². The van der Waals surface area contributed by atoms with Crippen LogP contribution in [0, 0.1) is 5.92 Å². The maximum absolute atomic E-state index is 11.9. The Kier molecular flexibility index (Phi) is 4.61. The first-order valence-corrected chi connectivity index (χ1v) is 6.70. The molecule has 0 aliphatic heterocycles. The molecule has 18 heavy (non-hydrogen) atoms. The molecule has 1 aliphatic rings. The van der Waals surface area contributed by atoms with E-state index in [2.05, 4.69) is 0 Å². The first-order chi connectivity index (χ1) is 8.66. The van der Waals surface area contributed by atoms with Crippen molar-refractivity contribution >= 4 is 17.6 Å². The molecular weight excluding hydrogens is 250 g/mol. The lowest BCUT2D eigenvalue weighted by molar-refractivity contribution is -0.151. The highest BCUT2D eigenvalue weighted by atomic mass is 35.5. The lowest BCUT2D eigenvalue weighted by Crippen LogP contribution is -2.32. The van der Waals surface area contributed by atoms with Crippen LogP contribution in [-0.2, 0) is 16.1 Å². The summed E-state index contributed by atoms with van der Waals surface area (Å²) in [5.41, 5.74) is 6.71. The molecular formula is C14H18ClNO2. The number of nitrogens with two attached hydrogens (primary N) is 1. The van der Waals surface area contributed by atoms with Crippen LogP contribution >= 0.6 is 11.6 Å². The van der Waals surface area contributed by atoms with E-state index < -0.39 is 0 Å². The van der Waals surface area contributed by atoms with Crippen molar-refractivity contribution in [1.29, 1.82) is 0 Å². The molecule has 2 N–H and O–H groups in total. The summed E-state index contributed by atoms with van der Waals surface area (Å²) in [4.78, 5) is 11.9. The molecule has 0 spiro atoms. The highest BCUT2D eigenvalue weighted by Gasteiger charge is 2.26. The minimum Gasteiger partial charge on any atom is -0.461 e. The molecule has 1 fully saturated rings. The van der Waals surface area contributed by atoms with Gasteiger partial charge in [-0.05, 0) is 25.3 Å². The molecule has 0 amide bonds. The van der Waals surface area contributed by atoms with Gasteiger partial charge in [-0.25, -0.2) is 0 Å². The smallest absolute Gasteiger partial charge is 0.309 e. The number of esters is 1. The van der Waals surface area contributed by atoms with Gasteiger partial charge in [0, 0.05) is 16.6 Å². The number of rotatable bonds is 3. The van der Waals surface area contributed by atoms with E-state index in [0.29, 0.717) is 5.02 Å². The Morgan fingerprint density at radius 3 is 2.89 bits per heavy atom. The van der Waals surface area contributed by atoms with Gasteiger partial charge in [-0.15, -0.1) is 0 Å². The van der Waals surface area contributed by atoms with Gasteiger partial charge in [0.05, 0.1) is 5.92 Å². The van der Waals surface area contributed by atoms with E-state index in [4.69, 9.17) is 22.1 Å². The van der Waals surface area contributed by atoms with E-state index in [1.54, 1.807) is 6.07 Å². The first kappa shape index (κ1) is 13.4. The number of ether oxygens (including phenoxy) is 1. The number of carbonyl (C=O) groups is 1. The molecule has 1 aliphatic carbocycles. The predicted molar refractivity (Wildman–Crippen MR) is 71.2 cm³/mol. The lowest BCUT2D eigenvalue weighted by atomic mass is 9.86. The summed E-state index contributed by atoms with van der Waals surface area (Å²) in [6.07, 6.45) is 3.64. The Bertz CT molecular complexity index is 422. The second kappa shape index (κ2) is 6.21. The van der Waals surface area contributed by atoms with Gasteiger partial charge in [-0.3, -0.25) is 4.79 Å². The largest absolute Gasteiger partial charge is 0.461 e. The maximum atomic E-state index is 11.9. The number of hydrogen-bond acceptors (Lipinski definition) is 3. The quantitative estimate of drug-likeness (QED) is 0.857. The van der Waals surface area contributed by atoms with Crippen LogP contribution in [0.4, 0.5) is 0 Å². The third-order valence-electron chi connectivity index (χ3n) is 3.38. The average Bonchev–Trinajstić information content (AvgIpc) is 2.37. The van der Waals surface area contributed by atoms with E-state index in [-0.39, 0.29) is 24.5 Å². The second-order valence-corrected chi connectivity index (χ2v) is 5.23. The zero-order valence-electron chi connectivity index (χ0n) is 10.3. The van der Waals surface area contributed by atoms with Crippen molar-refractivity contribution in [3.05, 3.63) is 34.9 Å². The number of hydrogen-bond donors (Lipinski definition) is 1. The van der Waals surface area contributed by atoms with Gasteiger partial charge in [-0.2, -0.15) is 0 Å². The van der Waals surface area contributed by atoms with Crippen LogP contribution in [0.5, 0.6) is 0 Å². The molecule has 0 heterocycles. The number of benzene rings is 1. The Morgan fingerprint density at radius 1 is 1.39 bits per heavy atom. The van der Waals surface area contributed by atoms with E-state index in [9.17, 15) is 4.79 Å². The second-order valence-electron chi connectivity index (χ2n) is 4.82. The van der Waals surface area contributed by atoms with Gasteiger partial charge in [-0.1, -0.05) is 36.2 Å². The fraction of sp³-hybridized carbons (Fsp3) is 0.500. The Labute approximate surface area is 112 Å². The monoisotopic (exact) mass is 267 g/mol. The number of carbonyl (C=O) groups excluding carboxylic acids is 1.